The van der Waals surface area contributed by atoms with E-state index in [1.807, 2.05) is 20.8 Å². The third-order valence-corrected chi connectivity index (χ3v) is 3.20. The van der Waals surface area contributed by atoms with E-state index in [0.717, 1.165) is 6.42 Å². The van der Waals surface area contributed by atoms with Gasteiger partial charge in [0.2, 0.25) is 0 Å². The fourth-order valence-electron chi connectivity index (χ4n) is 1.69. The molecule has 0 rings (SSSR count). The first-order chi connectivity index (χ1) is 11.7. The Balaban J connectivity index is -0.000000168. The Kier molecular flexibility index (Phi) is 20.7. The maximum absolute atomic E-state index is 11.5. The third kappa shape index (κ3) is 37.2. The molecule has 0 aromatic rings. The summed E-state index contributed by atoms with van der Waals surface area (Å²) in [4.78, 5) is 22.7. The molecular formula is C25H49O2Y. The van der Waals surface area contributed by atoms with E-state index >= 15 is 0 Å². The van der Waals surface area contributed by atoms with Gasteiger partial charge in [-0.05, 0) is 23.7 Å². The van der Waals surface area contributed by atoms with Gasteiger partial charge in [0.25, 0.3) is 0 Å². The normalized spacial score (nSPS) is 11.7. The SMILES string of the molecule is CC(C)(C)CC(=O)C(C)(C)C.C[C-](C)C.[CH2-]C([CH2-])CC(=O)CCC(C)(C)C.[Y+3]. The van der Waals surface area contributed by atoms with Gasteiger partial charge in [-0.25, -0.2) is 0 Å². The van der Waals surface area contributed by atoms with E-state index in [9.17, 15) is 9.59 Å². The van der Waals surface area contributed by atoms with Crippen molar-refractivity contribution in [3.63, 3.8) is 0 Å². The van der Waals surface area contributed by atoms with E-state index < -0.39 is 0 Å². The predicted molar refractivity (Wildman–Crippen MR) is 121 cm³/mol. The van der Waals surface area contributed by atoms with E-state index in [4.69, 9.17) is 0 Å². The van der Waals surface area contributed by atoms with E-state index in [-0.39, 0.29) is 54.9 Å². The van der Waals surface area contributed by atoms with Crippen LogP contribution in [0.15, 0.2) is 0 Å². The smallest absolute Gasteiger partial charge is 0.369 e. The van der Waals surface area contributed by atoms with Crippen molar-refractivity contribution in [2.24, 2.45) is 22.2 Å². The van der Waals surface area contributed by atoms with Gasteiger partial charge in [-0.1, -0.05) is 62.3 Å². The molecule has 0 bridgehead atoms. The summed E-state index contributed by atoms with van der Waals surface area (Å²) in [5, 5.41) is 0. The zero-order valence-corrected chi connectivity index (χ0v) is 24.1. The zero-order valence-electron chi connectivity index (χ0n) is 21.2. The summed E-state index contributed by atoms with van der Waals surface area (Å²) in [7, 11) is 0. The molecule has 0 aliphatic carbocycles. The molecule has 0 atom stereocenters. The largest absolute Gasteiger partial charge is 3.00 e. The standard InChI is InChI=1S/C11H20O.C10H20O.C4H9.Y/c1-9(2)8-10(12)6-7-11(3,4)5;1-9(2,3)7-8(11)10(4,5)6;1-4(2)3;/h9H,1-2,6-8H2,3-5H3;7H2,1-6H3;1-3H3;/q-2;;-1;+3. The van der Waals surface area contributed by atoms with Gasteiger partial charge in [-0.2, -0.15) is 20.8 Å². The number of carbonyl (C=O) groups is 2. The predicted octanol–water partition coefficient (Wildman–Crippen LogP) is 7.71. The zero-order chi connectivity index (χ0) is 22.6. The molecule has 0 aromatic carbocycles. The molecule has 0 amide bonds. The first kappa shape index (κ1) is 35.9. The molecule has 0 saturated heterocycles. The van der Waals surface area contributed by atoms with Crippen molar-refractivity contribution in [1.29, 1.82) is 0 Å². The average molecular weight is 471 g/mol. The third-order valence-electron chi connectivity index (χ3n) is 3.20. The number of rotatable bonds is 5. The Morgan fingerprint density at radius 2 is 1.18 bits per heavy atom. The molecule has 2 nitrogen and oxygen atoms in total. The minimum atomic E-state index is -0.173. The van der Waals surface area contributed by atoms with Crippen LogP contribution in [0.2, 0.25) is 0 Å². The maximum Gasteiger partial charge on any atom is 3.00 e. The van der Waals surface area contributed by atoms with Crippen molar-refractivity contribution in [3.05, 3.63) is 19.8 Å². The van der Waals surface area contributed by atoms with Gasteiger partial charge >= 0.3 is 32.7 Å². The van der Waals surface area contributed by atoms with Crippen LogP contribution in [0.3, 0.4) is 0 Å². The Bertz CT molecular complexity index is 399. The van der Waals surface area contributed by atoms with E-state index in [0.29, 0.717) is 30.8 Å². The van der Waals surface area contributed by atoms with Crippen LogP contribution in [0.25, 0.3) is 0 Å². The summed E-state index contributed by atoms with van der Waals surface area (Å²) < 4.78 is 0. The number of hydrogen-bond acceptors (Lipinski definition) is 2. The Hall–Kier alpha value is 0.444. The second kappa shape index (κ2) is 16.2. The van der Waals surface area contributed by atoms with E-state index in [1.165, 1.54) is 5.92 Å². The van der Waals surface area contributed by atoms with E-state index in [2.05, 4.69) is 76.2 Å². The van der Waals surface area contributed by atoms with Crippen LogP contribution in [0, 0.1) is 41.9 Å². The molecule has 28 heavy (non-hydrogen) atoms. The Morgan fingerprint density at radius 1 is 0.821 bits per heavy atom. The van der Waals surface area contributed by atoms with Crippen molar-refractivity contribution in [3.8, 4) is 0 Å². The summed E-state index contributed by atoms with van der Waals surface area (Å²) in [6.07, 6.45) is 2.83. The fourth-order valence-corrected chi connectivity index (χ4v) is 1.69. The van der Waals surface area contributed by atoms with Crippen LogP contribution in [0.1, 0.15) is 109 Å². The summed E-state index contributed by atoms with van der Waals surface area (Å²) in [6.45, 7) is 32.3. The van der Waals surface area contributed by atoms with Crippen LogP contribution in [0.5, 0.6) is 0 Å². The number of hydrogen-bond donors (Lipinski definition) is 0. The Morgan fingerprint density at radius 3 is 1.36 bits per heavy atom. The van der Waals surface area contributed by atoms with Crippen molar-refractivity contribution in [1.82, 2.24) is 0 Å². The second-order valence-electron chi connectivity index (χ2n) is 11.6. The van der Waals surface area contributed by atoms with E-state index in [1.54, 1.807) is 0 Å². The summed E-state index contributed by atoms with van der Waals surface area (Å²) >= 11 is 0. The van der Waals surface area contributed by atoms with Crippen molar-refractivity contribution < 1.29 is 42.3 Å². The van der Waals surface area contributed by atoms with Crippen LogP contribution in [-0.4, -0.2) is 11.6 Å². The molecule has 0 unspecified atom stereocenters. The quantitative estimate of drug-likeness (QED) is 0.386. The van der Waals surface area contributed by atoms with Crippen molar-refractivity contribution in [2.75, 3.05) is 0 Å². The second-order valence-corrected chi connectivity index (χ2v) is 11.6. The fraction of sp³-hybridized carbons (Fsp3) is 0.800. The van der Waals surface area contributed by atoms with Gasteiger partial charge in [0, 0.05) is 18.3 Å². The summed E-state index contributed by atoms with van der Waals surface area (Å²) in [5.74, 6) is 2.07. The maximum atomic E-state index is 11.5. The van der Waals surface area contributed by atoms with Gasteiger partial charge in [0.1, 0.15) is 11.6 Å². The minimum absolute atomic E-state index is 0. The number of ketones is 2. The summed E-state index contributed by atoms with van der Waals surface area (Å²) in [6, 6.07) is 0. The van der Waals surface area contributed by atoms with Crippen LogP contribution in [-0.2, 0) is 42.3 Å². The topological polar surface area (TPSA) is 34.1 Å². The molecule has 0 aliphatic heterocycles. The van der Waals surface area contributed by atoms with Gasteiger partial charge in [0.05, 0.1) is 0 Å². The average Bonchev–Trinajstić information content (AvgIpc) is 2.31. The van der Waals surface area contributed by atoms with Gasteiger partial charge in [0.15, 0.2) is 0 Å². The van der Waals surface area contributed by atoms with Gasteiger partial charge in [-0.15, -0.1) is 0 Å². The molecule has 0 fully saturated rings. The van der Waals surface area contributed by atoms with Crippen LogP contribution >= 0.6 is 0 Å². The minimum Gasteiger partial charge on any atom is -0.369 e. The first-order valence-electron chi connectivity index (χ1n) is 10.2. The molecule has 0 heterocycles. The molecule has 0 aliphatic rings. The van der Waals surface area contributed by atoms with Gasteiger partial charge < -0.3 is 19.8 Å². The molecule has 3 heteroatoms. The number of Topliss-reactive ketones (excluding diaryl/α,β-unsaturated/α-hetero) is 2. The van der Waals surface area contributed by atoms with Crippen LogP contribution in [0.4, 0.5) is 0 Å². The first-order valence-corrected chi connectivity index (χ1v) is 10.2. The number of carbonyl (C=O) groups excluding carboxylic acids is 2. The van der Waals surface area contributed by atoms with Crippen LogP contribution < -0.4 is 0 Å². The molecule has 0 spiro atoms. The molecule has 0 radical (unpaired) electrons. The molecular weight excluding hydrogens is 421 g/mol. The van der Waals surface area contributed by atoms with Gasteiger partial charge in [-0.3, -0.25) is 15.5 Å². The summed E-state index contributed by atoms with van der Waals surface area (Å²) in [5.41, 5.74) is 0.213. The molecule has 0 N–H and O–H groups in total. The van der Waals surface area contributed by atoms with Crippen molar-refractivity contribution in [2.45, 2.75) is 109 Å². The molecule has 0 saturated carbocycles. The molecule has 0 aromatic heterocycles. The Labute approximate surface area is 203 Å². The van der Waals surface area contributed by atoms with Crippen molar-refractivity contribution >= 4 is 11.6 Å². The molecule has 164 valence electrons. The monoisotopic (exact) mass is 470 g/mol.